The van der Waals surface area contributed by atoms with Crippen LogP contribution in [-0.2, 0) is 16.6 Å². The van der Waals surface area contributed by atoms with E-state index in [0.717, 1.165) is 12.0 Å². The number of benzene rings is 2. The second kappa shape index (κ2) is 7.80. The summed E-state index contributed by atoms with van der Waals surface area (Å²) in [7, 11) is -0.873. The maximum absolute atomic E-state index is 12.7. The summed E-state index contributed by atoms with van der Waals surface area (Å²) in [6.45, 7) is 0.492. The third-order valence-corrected chi connectivity index (χ3v) is 4.17. The van der Waals surface area contributed by atoms with Crippen molar-refractivity contribution in [2.75, 3.05) is 12.4 Å². The third kappa shape index (κ3) is 5.13. The summed E-state index contributed by atoms with van der Waals surface area (Å²) in [4.78, 5) is 0. The molecule has 0 aliphatic heterocycles. The Morgan fingerprint density at radius 1 is 1.00 bits per heavy atom. The molecule has 2 nitrogen and oxygen atoms in total. The van der Waals surface area contributed by atoms with E-state index in [-0.39, 0.29) is 5.82 Å². The van der Waals surface area contributed by atoms with Crippen LogP contribution < -0.4 is 4.74 Å². The highest BCUT2D eigenvalue weighted by molar-refractivity contribution is 7.84. The fraction of sp³-hybridized carbons (Fsp3) is 0.250. The molecule has 20 heavy (non-hydrogen) atoms. The van der Waals surface area contributed by atoms with Gasteiger partial charge in [-0.15, -0.1) is 0 Å². The highest BCUT2D eigenvalue weighted by Gasteiger charge is 2.02. The summed E-state index contributed by atoms with van der Waals surface area (Å²) >= 11 is 0. The predicted molar refractivity (Wildman–Crippen MR) is 79.7 cm³/mol. The molecular weight excluding hydrogens is 275 g/mol. The van der Waals surface area contributed by atoms with Gasteiger partial charge in [-0.05, 0) is 36.2 Å². The van der Waals surface area contributed by atoms with Gasteiger partial charge in [-0.3, -0.25) is 4.21 Å². The van der Waals surface area contributed by atoms with Gasteiger partial charge in [-0.25, -0.2) is 4.39 Å². The van der Waals surface area contributed by atoms with E-state index in [9.17, 15) is 8.60 Å². The van der Waals surface area contributed by atoms with Crippen LogP contribution >= 0.6 is 0 Å². The first kappa shape index (κ1) is 14.7. The van der Waals surface area contributed by atoms with Crippen LogP contribution in [0, 0.1) is 5.82 Å². The largest absolute Gasteiger partial charge is 0.494 e. The van der Waals surface area contributed by atoms with Gasteiger partial charge in [0, 0.05) is 22.3 Å². The molecule has 0 aliphatic carbocycles. The van der Waals surface area contributed by atoms with Gasteiger partial charge in [0.15, 0.2) is 0 Å². The molecule has 0 spiro atoms. The second-order valence-corrected chi connectivity index (χ2v) is 6.01. The number of halogens is 1. The van der Waals surface area contributed by atoms with Gasteiger partial charge in [0.2, 0.25) is 0 Å². The van der Waals surface area contributed by atoms with Crippen molar-refractivity contribution >= 4 is 10.8 Å². The van der Waals surface area contributed by atoms with E-state index in [1.807, 2.05) is 30.3 Å². The van der Waals surface area contributed by atoms with Crippen LogP contribution in [0.2, 0.25) is 0 Å². The van der Waals surface area contributed by atoms with Crippen molar-refractivity contribution < 1.29 is 13.3 Å². The Hall–Kier alpha value is -1.68. The Kier molecular flexibility index (Phi) is 5.74. The number of rotatable bonds is 7. The first-order valence-electron chi connectivity index (χ1n) is 6.51. The van der Waals surface area contributed by atoms with Gasteiger partial charge in [0.1, 0.15) is 11.6 Å². The molecule has 106 valence electrons. The standard InChI is InChI=1S/C16H17FO2S/c17-15-7-9-16(10-8-15)19-11-4-12-20(18)13-14-5-2-1-3-6-14/h1-3,5-10H,4,11-13H2. The van der Waals surface area contributed by atoms with Crippen LogP contribution in [0.4, 0.5) is 4.39 Å². The first-order valence-corrected chi connectivity index (χ1v) is 8.00. The minimum Gasteiger partial charge on any atom is -0.494 e. The Bertz CT molecular complexity index is 540. The van der Waals surface area contributed by atoms with E-state index < -0.39 is 10.8 Å². The SMILES string of the molecule is O=S(CCCOc1ccc(F)cc1)Cc1ccccc1. The van der Waals surface area contributed by atoms with Crippen molar-refractivity contribution in [2.24, 2.45) is 0 Å². The predicted octanol–water partition coefficient (Wildman–Crippen LogP) is 3.54. The van der Waals surface area contributed by atoms with E-state index in [4.69, 9.17) is 4.74 Å². The highest BCUT2D eigenvalue weighted by Crippen LogP contribution is 2.11. The Morgan fingerprint density at radius 3 is 2.40 bits per heavy atom. The molecule has 0 aromatic heterocycles. The minimum atomic E-state index is -0.873. The van der Waals surface area contributed by atoms with Gasteiger partial charge in [0.25, 0.3) is 0 Å². The molecule has 0 radical (unpaired) electrons. The van der Waals surface area contributed by atoms with Gasteiger partial charge in [-0.2, -0.15) is 0 Å². The van der Waals surface area contributed by atoms with Crippen molar-refractivity contribution in [3.63, 3.8) is 0 Å². The summed E-state index contributed by atoms with van der Waals surface area (Å²) in [5, 5.41) is 0. The van der Waals surface area contributed by atoms with Crippen LogP contribution in [0.1, 0.15) is 12.0 Å². The average Bonchev–Trinajstić information content (AvgIpc) is 2.46. The monoisotopic (exact) mass is 292 g/mol. The normalized spacial score (nSPS) is 12.1. The first-order chi connectivity index (χ1) is 9.74. The van der Waals surface area contributed by atoms with Crippen molar-refractivity contribution in [1.82, 2.24) is 0 Å². The quantitative estimate of drug-likeness (QED) is 0.730. The molecule has 2 aromatic rings. The zero-order chi connectivity index (χ0) is 14.2. The Balaban J connectivity index is 1.66. The summed E-state index contributed by atoms with van der Waals surface area (Å²) in [6, 6.07) is 15.7. The molecule has 0 saturated carbocycles. The van der Waals surface area contributed by atoms with Crippen LogP contribution in [0.3, 0.4) is 0 Å². The lowest BCUT2D eigenvalue weighted by molar-refractivity contribution is 0.318. The van der Waals surface area contributed by atoms with Gasteiger partial charge in [-0.1, -0.05) is 30.3 Å². The number of hydrogen-bond acceptors (Lipinski definition) is 2. The smallest absolute Gasteiger partial charge is 0.123 e. The number of ether oxygens (including phenoxy) is 1. The van der Waals surface area contributed by atoms with E-state index in [2.05, 4.69) is 0 Å². The van der Waals surface area contributed by atoms with E-state index in [1.54, 1.807) is 12.1 Å². The summed E-state index contributed by atoms with van der Waals surface area (Å²) in [5.74, 6) is 1.55. The molecule has 0 saturated heterocycles. The molecule has 1 atom stereocenters. The lowest BCUT2D eigenvalue weighted by atomic mass is 10.2. The van der Waals surface area contributed by atoms with Crippen molar-refractivity contribution in [3.05, 3.63) is 66.0 Å². The molecule has 0 heterocycles. The molecular formula is C16H17FO2S. The average molecular weight is 292 g/mol. The van der Waals surface area contributed by atoms with Gasteiger partial charge < -0.3 is 4.74 Å². The lowest BCUT2D eigenvalue weighted by Crippen LogP contribution is -2.06. The molecule has 0 amide bonds. The lowest BCUT2D eigenvalue weighted by Gasteiger charge is -2.06. The molecule has 2 rings (SSSR count). The molecule has 0 aliphatic rings. The number of hydrogen-bond donors (Lipinski definition) is 0. The molecule has 0 N–H and O–H groups in total. The van der Waals surface area contributed by atoms with Crippen LogP contribution in [0.15, 0.2) is 54.6 Å². The highest BCUT2D eigenvalue weighted by atomic mass is 32.2. The van der Waals surface area contributed by atoms with Gasteiger partial charge >= 0.3 is 0 Å². The van der Waals surface area contributed by atoms with Crippen LogP contribution in [0.5, 0.6) is 5.75 Å². The van der Waals surface area contributed by atoms with E-state index in [0.29, 0.717) is 23.9 Å². The van der Waals surface area contributed by atoms with Crippen molar-refractivity contribution in [3.8, 4) is 5.75 Å². The maximum Gasteiger partial charge on any atom is 0.123 e. The summed E-state index contributed by atoms with van der Waals surface area (Å²) in [6.07, 6.45) is 0.719. The Labute approximate surface area is 121 Å². The fourth-order valence-corrected chi connectivity index (χ4v) is 2.92. The van der Waals surface area contributed by atoms with E-state index >= 15 is 0 Å². The van der Waals surface area contributed by atoms with Gasteiger partial charge in [0.05, 0.1) is 6.61 Å². The molecule has 0 bridgehead atoms. The van der Waals surface area contributed by atoms with Crippen LogP contribution in [-0.4, -0.2) is 16.6 Å². The maximum atomic E-state index is 12.7. The molecule has 2 aromatic carbocycles. The summed E-state index contributed by atoms with van der Waals surface area (Å²) < 4.78 is 30.0. The molecule has 1 unspecified atom stereocenters. The zero-order valence-corrected chi connectivity index (χ0v) is 11.9. The second-order valence-electron chi connectivity index (χ2n) is 4.43. The minimum absolute atomic E-state index is 0.277. The fourth-order valence-electron chi connectivity index (χ4n) is 1.77. The zero-order valence-electron chi connectivity index (χ0n) is 11.1. The topological polar surface area (TPSA) is 26.3 Å². The summed E-state index contributed by atoms with van der Waals surface area (Å²) in [5.41, 5.74) is 1.09. The molecule has 4 heteroatoms. The Morgan fingerprint density at radius 2 is 1.70 bits per heavy atom. The third-order valence-electron chi connectivity index (χ3n) is 2.77. The van der Waals surface area contributed by atoms with Crippen LogP contribution in [0.25, 0.3) is 0 Å². The van der Waals surface area contributed by atoms with Crippen molar-refractivity contribution in [1.29, 1.82) is 0 Å². The van der Waals surface area contributed by atoms with E-state index in [1.165, 1.54) is 12.1 Å². The van der Waals surface area contributed by atoms with Crippen molar-refractivity contribution in [2.45, 2.75) is 12.2 Å². The molecule has 0 fully saturated rings.